The van der Waals surface area contributed by atoms with Crippen LogP contribution in [-0.4, -0.2) is 17.5 Å². The van der Waals surface area contributed by atoms with Crippen molar-refractivity contribution in [2.75, 3.05) is 0 Å². The first-order valence-corrected chi connectivity index (χ1v) is 6.08. The van der Waals surface area contributed by atoms with E-state index in [4.69, 9.17) is 5.73 Å². The second kappa shape index (κ2) is 3.78. The number of carbonyl (C=O) groups excluding carboxylic acids is 1. The highest BCUT2D eigenvalue weighted by Crippen LogP contribution is 2.36. The predicted molar refractivity (Wildman–Crippen MR) is 60.3 cm³/mol. The van der Waals surface area contributed by atoms with Crippen molar-refractivity contribution < 1.29 is 4.79 Å². The first kappa shape index (κ1) is 10.9. The number of nitrogens with one attached hydrogen (secondary N) is 1. The van der Waals surface area contributed by atoms with Gasteiger partial charge in [0.05, 0.1) is 0 Å². The molecule has 2 aliphatic carbocycles. The Morgan fingerprint density at radius 1 is 1.40 bits per heavy atom. The van der Waals surface area contributed by atoms with Gasteiger partial charge in [-0.15, -0.1) is 0 Å². The first-order valence-electron chi connectivity index (χ1n) is 6.08. The first-order chi connectivity index (χ1) is 7.00. The average Bonchev–Trinajstić information content (AvgIpc) is 2.87. The van der Waals surface area contributed by atoms with Gasteiger partial charge in [0.2, 0.25) is 5.91 Å². The molecule has 2 saturated carbocycles. The van der Waals surface area contributed by atoms with E-state index in [1.54, 1.807) is 0 Å². The van der Waals surface area contributed by atoms with Crippen LogP contribution in [-0.2, 0) is 4.79 Å². The van der Waals surface area contributed by atoms with Crippen LogP contribution in [0.25, 0.3) is 0 Å². The molecule has 0 aromatic heterocycles. The summed E-state index contributed by atoms with van der Waals surface area (Å²) in [6.45, 7) is 4.30. The highest BCUT2D eigenvalue weighted by atomic mass is 16.2. The molecule has 3 atom stereocenters. The molecule has 0 saturated heterocycles. The van der Waals surface area contributed by atoms with Crippen molar-refractivity contribution in [3.05, 3.63) is 0 Å². The maximum atomic E-state index is 12.0. The van der Waals surface area contributed by atoms with Crippen LogP contribution in [0, 0.1) is 11.8 Å². The molecule has 86 valence electrons. The molecular weight excluding hydrogens is 188 g/mol. The molecule has 1 amide bonds. The summed E-state index contributed by atoms with van der Waals surface area (Å²) in [7, 11) is 0. The zero-order valence-corrected chi connectivity index (χ0v) is 9.75. The Morgan fingerprint density at radius 2 is 2.07 bits per heavy atom. The standard InChI is InChI=1S/C12H22N2O/c1-8-3-4-9(13)7-10(8)11(15)14-12(2)5-6-12/h8-10H,3-7,13H2,1-2H3,(H,14,15). The zero-order valence-electron chi connectivity index (χ0n) is 9.75. The molecule has 0 aromatic rings. The second-order valence-electron chi connectivity index (χ2n) is 5.71. The summed E-state index contributed by atoms with van der Waals surface area (Å²) in [6, 6.07) is 0.226. The Labute approximate surface area is 91.8 Å². The summed E-state index contributed by atoms with van der Waals surface area (Å²) in [5, 5.41) is 3.16. The summed E-state index contributed by atoms with van der Waals surface area (Å²) in [5.74, 6) is 0.871. The Kier molecular flexibility index (Phi) is 2.75. The van der Waals surface area contributed by atoms with E-state index in [1.165, 1.54) is 0 Å². The fraction of sp³-hybridized carbons (Fsp3) is 0.917. The van der Waals surface area contributed by atoms with E-state index < -0.39 is 0 Å². The molecule has 2 aliphatic rings. The second-order valence-corrected chi connectivity index (χ2v) is 5.71. The smallest absolute Gasteiger partial charge is 0.223 e. The molecule has 3 nitrogen and oxygen atoms in total. The summed E-state index contributed by atoms with van der Waals surface area (Å²) in [6.07, 6.45) is 5.29. The van der Waals surface area contributed by atoms with Gasteiger partial charge in [0.15, 0.2) is 0 Å². The van der Waals surface area contributed by atoms with E-state index in [0.717, 1.165) is 32.1 Å². The van der Waals surface area contributed by atoms with Crippen LogP contribution in [0.3, 0.4) is 0 Å². The van der Waals surface area contributed by atoms with Crippen molar-refractivity contribution in [1.29, 1.82) is 0 Å². The fourth-order valence-corrected chi connectivity index (χ4v) is 2.42. The molecule has 2 fully saturated rings. The molecule has 0 heterocycles. The lowest BCUT2D eigenvalue weighted by molar-refractivity contribution is -0.128. The minimum absolute atomic E-state index is 0.109. The van der Waals surface area contributed by atoms with Gasteiger partial charge >= 0.3 is 0 Å². The van der Waals surface area contributed by atoms with Gasteiger partial charge in [-0.1, -0.05) is 6.92 Å². The van der Waals surface area contributed by atoms with Crippen LogP contribution in [0.15, 0.2) is 0 Å². The molecular formula is C12H22N2O. The van der Waals surface area contributed by atoms with Gasteiger partial charge in [-0.05, 0) is 44.9 Å². The topological polar surface area (TPSA) is 55.1 Å². The molecule has 2 rings (SSSR count). The van der Waals surface area contributed by atoms with Crippen LogP contribution >= 0.6 is 0 Å². The SMILES string of the molecule is CC1CCC(N)CC1C(=O)NC1(C)CC1. The number of amides is 1. The van der Waals surface area contributed by atoms with E-state index in [2.05, 4.69) is 19.2 Å². The molecule has 3 heteroatoms. The number of carbonyl (C=O) groups is 1. The zero-order chi connectivity index (χ0) is 11.1. The summed E-state index contributed by atoms with van der Waals surface area (Å²) in [4.78, 5) is 12.0. The Morgan fingerprint density at radius 3 is 2.67 bits per heavy atom. The number of hydrogen-bond donors (Lipinski definition) is 2. The lowest BCUT2D eigenvalue weighted by Crippen LogP contribution is -2.45. The van der Waals surface area contributed by atoms with E-state index in [0.29, 0.717) is 5.92 Å². The van der Waals surface area contributed by atoms with Gasteiger partial charge in [0, 0.05) is 17.5 Å². The number of hydrogen-bond acceptors (Lipinski definition) is 2. The molecule has 0 aromatic carbocycles. The van der Waals surface area contributed by atoms with Crippen molar-refractivity contribution in [1.82, 2.24) is 5.32 Å². The van der Waals surface area contributed by atoms with Crippen LogP contribution < -0.4 is 11.1 Å². The predicted octanol–water partition coefficient (Wildman–Crippen LogP) is 1.42. The van der Waals surface area contributed by atoms with Gasteiger partial charge < -0.3 is 11.1 Å². The summed E-state index contributed by atoms with van der Waals surface area (Å²) < 4.78 is 0. The van der Waals surface area contributed by atoms with Crippen LogP contribution in [0.2, 0.25) is 0 Å². The lowest BCUT2D eigenvalue weighted by Gasteiger charge is -2.32. The molecule has 3 N–H and O–H groups in total. The molecule has 3 unspecified atom stereocenters. The third kappa shape index (κ3) is 2.51. The molecule has 15 heavy (non-hydrogen) atoms. The maximum Gasteiger partial charge on any atom is 0.223 e. The van der Waals surface area contributed by atoms with Gasteiger partial charge in [-0.2, -0.15) is 0 Å². The Balaban J connectivity index is 1.92. The lowest BCUT2D eigenvalue weighted by atomic mass is 9.77. The molecule has 0 aliphatic heterocycles. The van der Waals surface area contributed by atoms with Gasteiger partial charge in [0.25, 0.3) is 0 Å². The normalized spacial score (nSPS) is 38.5. The van der Waals surface area contributed by atoms with Crippen molar-refractivity contribution in [3.63, 3.8) is 0 Å². The largest absolute Gasteiger partial charge is 0.351 e. The van der Waals surface area contributed by atoms with Crippen LogP contribution in [0.4, 0.5) is 0 Å². The summed E-state index contributed by atoms with van der Waals surface area (Å²) in [5.41, 5.74) is 6.03. The van der Waals surface area contributed by atoms with Gasteiger partial charge in [-0.25, -0.2) is 0 Å². The highest BCUT2D eigenvalue weighted by molar-refractivity contribution is 5.80. The van der Waals surface area contributed by atoms with Crippen molar-refractivity contribution in [2.24, 2.45) is 17.6 Å². The van der Waals surface area contributed by atoms with E-state index in [1.807, 2.05) is 0 Å². The van der Waals surface area contributed by atoms with Crippen molar-refractivity contribution in [2.45, 2.75) is 57.5 Å². The quantitative estimate of drug-likeness (QED) is 0.724. The van der Waals surface area contributed by atoms with E-state index in [-0.39, 0.29) is 23.4 Å². The van der Waals surface area contributed by atoms with E-state index in [9.17, 15) is 4.79 Å². The third-order valence-electron chi connectivity index (χ3n) is 4.00. The highest BCUT2D eigenvalue weighted by Gasteiger charge is 2.41. The van der Waals surface area contributed by atoms with Crippen molar-refractivity contribution >= 4 is 5.91 Å². The fourth-order valence-electron chi connectivity index (χ4n) is 2.42. The molecule has 0 radical (unpaired) electrons. The maximum absolute atomic E-state index is 12.0. The van der Waals surface area contributed by atoms with Gasteiger partial charge in [0.1, 0.15) is 0 Å². The Bertz CT molecular complexity index is 260. The molecule has 0 spiro atoms. The Hall–Kier alpha value is -0.570. The van der Waals surface area contributed by atoms with E-state index >= 15 is 0 Å². The van der Waals surface area contributed by atoms with Crippen LogP contribution in [0.1, 0.15) is 46.0 Å². The third-order valence-corrected chi connectivity index (χ3v) is 4.00. The summed E-state index contributed by atoms with van der Waals surface area (Å²) >= 11 is 0. The van der Waals surface area contributed by atoms with Crippen molar-refractivity contribution in [3.8, 4) is 0 Å². The number of rotatable bonds is 2. The number of nitrogens with two attached hydrogens (primary N) is 1. The average molecular weight is 210 g/mol. The van der Waals surface area contributed by atoms with Gasteiger partial charge in [-0.3, -0.25) is 4.79 Å². The minimum Gasteiger partial charge on any atom is -0.351 e. The van der Waals surface area contributed by atoms with Crippen LogP contribution in [0.5, 0.6) is 0 Å². The minimum atomic E-state index is 0.109. The monoisotopic (exact) mass is 210 g/mol. The molecule has 0 bridgehead atoms.